The Morgan fingerprint density at radius 1 is 1.11 bits per heavy atom. The normalized spacial score (nSPS) is 12.2. The fourth-order valence-corrected chi connectivity index (χ4v) is 1.57. The summed E-state index contributed by atoms with van der Waals surface area (Å²) in [6, 6.07) is 5.28. The Kier molecular flexibility index (Phi) is 6.49. The first-order chi connectivity index (χ1) is 8.72. The van der Waals surface area contributed by atoms with Crippen molar-refractivity contribution < 1.29 is 18.9 Å². The summed E-state index contributed by atoms with van der Waals surface area (Å²) in [6.07, 6.45) is 0. The molecule has 1 aromatic carbocycles. The Bertz CT molecular complexity index is 357. The van der Waals surface area contributed by atoms with E-state index in [4.69, 9.17) is 24.7 Å². The molecule has 0 aliphatic rings. The molecule has 5 nitrogen and oxygen atoms in total. The van der Waals surface area contributed by atoms with Gasteiger partial charge in [-0.3, -0.25) is 0 Å². The zero-order valence-corrected chi connectivity index (χ0v) is 11.1. The number of benzene rings is 1. The van der Waals surface area contributed by atoms with Gasteiger partial charge in [0, 0.05) is 12.7 Å². The average Bonchev–Trinajstić information content (AvgIpc) is 2.42. The number of hydrogen-bond acceptors (Lipinski definition) is 5. The Labute approximate surface area is 108 Å². The van der Waals surface area contributed by atoms with Crippen LogP contribution in [0.4, 0.5) is 0 Å². The van der Waals surface area contributed by atoms with E-state index in [1.807, 2.05) is 18.2 Å². The summed E-state index contributed by atoms with van der Waals surface area (Å²) in [7, 11) is 4.87. The van der Waals surface area contributed by atoms with Crippen molar-refractivity contribution in [3.8, 4) is 11.5 Å². The van der Waals surface area contributed by atoms with Gasteiger partial charge in [0.15, 0.2) is 0 Å². The van der Waals surface area contributed by atoms with Crippen LogP contribution < -0.4 is 15.2 Å². The molecule has 0 fully saturated rings. The highest BCUT2D eigenvalue weighted by molar-refractivity contribution is 5.42. The van der Waals surface area contributed by atoms with Crippen molar-refractivity contribution >= 4 is 0 Å². The molecule has 1 atom stereocenters. The van der Waals surface area contributed by atoms with Crippen LogP contribution in [-0.4, -0.2) is 41.2 Å². The number of ether oxygens (including phenoxy) is 4. The van der Waals surface area contributed by atoms with E-state index in [2.05, 4.69) is 0 Å². The molecule has 1 aromatic rings. The molecular formula is C13H21NO4. The fourth-order valence-electron chi connectivity index (χ4n) is 1.57. The lowest BCUT2D eigenvalue weighted by Gasteiger charge is -2.16. The molecular weight excluding hydrogens is 234 g/mol. The number of methoxy groups -OCH3 is 3. The average molecular weight is 255 g/mol. The third kappa shape index (κ3) is 4.18. The molecule has 0 aliphatic carbocycles. The lowest BCUT2D eigenvalue weighted by Crippen LogP contribution is -2.19. The van der Waals surface area contributed by atoms with Crippen LogP contribution in [0.2, 0.25) is 0 Å². The number of rotatable bonds is 8. The van der Waals surface area contributed by atoms with Crippen LogP contribution in [0.15, 0.2) is 18.2 Å². The summed E-state index contributed by atoms with van der Waals surface area (Å²) in [5, 5.41) is 0. The first kappa shape index (κ1) is 14.8. The van der Waals surface area contributed by atoms with Gasteiger partial charge in [-0.1, -0.05) is 0 Å². The van der Waals surface area contributed by atoms with E-state index in [1.165, 1.54) is 0 Å². The SMILES string of the molecule is COCCOCC(N)c1cc(OC)ccc1OC. The Balaban J connectivity index is 2.66. The molecule has 18 heavy (non-hydrogen) atoms. The van der Waals surface area contributed by atoms with E-state index in [0.29, 0.717) is 19.8 Å². The highest BCUT2D eigenvalue weighted by Gasteiger charge is 2.13. The third-order valence-corrected chi connectivity index (χ3v) is 2.57. The van der Waals surface area contributed by atoms with Crippen molar-refractivity contribution in [2.75, 3.05) is 41.2 Å². The summed E-state index contributed by atoms with van der Waals surface area (Å²) < 4.78 is 20.8. The van der Waals surface area contributed by atoms with Gasteiger partial charge in [-0.2, -0.15) is 0 Å². The van der Waals surface area contributed by atoms with Gasteiger partial charge < -0.3 is 24.7 Å². The second-order valence-corrected chi connectivity index (χ2v) is 3.78. The van der Waals surface area contributed by atoms with Crippen LogP contribution in [0.25, 0.3) is 0 Å². The molecule has 2 N–H and O–H groups in total. The maximum atomic E-state index is 6.08. The van der Waals surface area contributed by atoms with Crippen molar-refractivity contribution in [3.63, 3.8) is 0 Å². The van der Waals surface area contributed by atoms with E-state index in [-0.39, 0.29) is 6.04 Å². The molecule has 1 rings (SSSR count). The van der Waals surface area contributed by atoms with Crippen LogP contribution in [0.1, 0.15) is 11.6 Å². The zero-order valence-electron chi connectivity index (χ0n) is 11.1. The summed E-state index contributed by atoms with van der Waals surface area (Å²) in [5.74, 6) is 1.48. The molecule has 0 saturated heterocycles. The van der Waals surface area contributed by atoms with E-state index in [0.717, 1.165) is 17.1 Å². The minimum Gasteiger partial charge on any atom is -0.497 e. The summed E-state index contributed by atoms with van der Waals surface area (Å²) in [6.45, 7) is 1.49. The topological polar surface area (TPSA) is 62.9 Å². The van der Waals surface area contributed by atoms with Crippen LogP contribution in [0.5, 0.6) is 11.5 Å². The molecule has 5 heteroatoms. The molecule has 1 unspecified atom stereocenters. The van der Waals surface area contributed by atoms with Crippen molar-refractivity contribution in [3.05, 3.63) is 23.8 Å². The second kappa shape index (κ2) is 7.92. The highest BCUT2D eigenvalue weighted by atomic mass is 16.5. The molecule has 0 heterocycles. The van der Waals surface area contributed by atoms with Crippen LogP contribution >= 0.6 is 0 Å². The Morgan fingerprint density at radius 2 is 1.89 bits per heavy atom. The predicted molar refractivity (Wildman–Crippen MR) is 69.2 cm³/mol. The van der Waals surface area contributed by atoms with Crippen LogP contribution in [-0.2, 0) is 9.47 Å². The van der Waals surface area contributed by atoms with Crippen LogP contribution in [0, 0.1) is 0 Å². The number of hydrogen-bond donors (Lipinski definition) is 1. The van der Waals surface area contributed by atoms with Gasteiger partial charge in [-0.15, -0.1) is 0 Å². The maximum Gasteiger partial charge on any atom is 0.123 e. The van der Waals surface area contributed by atoms with E-state index in [1.54, 1.807) is 21.3 Å². The van der Waals surface area contributed by atoms with Crippen molar-refractivity contribution in [1.82, 2.24) is 0 Å². The highest BCUT2D eigenvalue weighted by Crippen LogP contribution is 2.28. The smallest absolute Gasteiger partial charge is 0.123 e. The Morgan fingerprint density at radius 3 is 2.50 bits per heavy atom. The van der Waals surface area contributed by atoms with Crippen LogP contribution in [0.3, 0.4) is 0 Å². The predicted octanol–water partition coefficient (Wildman–Crippen LogP) is 1.37. The first-order valence-corrected chi connectivity index (χ1v) is 5.77. The van der Waals surface area contributed by atoms with Gasteiger partial charge in [-0.25, -0.2) is 0 Å². The molecule has 102 valence electrons. The standard InChI is InChI=1S/C13H21NO4/c1-15-6-7-18-9-12(14)11-8-10(16-2)4-5-13(11)17-3/h4-5,8,12H,6-7,9,14H2,1-3H3. The van der Waals surface area contributed by atoms with E-state index >= 15 is 0 Å². The summed E-state index contributed by atoms with van der Waals surface area (Å²) in [5.41, 5.74) is 6.95. The maximum absolute atomic E-state index is 6.08. The van der Waals surface area contributed by atoms with Gasteiger partial charge in [-0.05, 0) is 18.2 Å². The lowest BCUT2D eigenvalue weighted by molar-refractivity contribution is 0.0633. The van der Waals surface area contributed by atoms with Gasteiger partial charge in [0.2, 0.25) is 0 Å². The quantitative estimate of drug-likeness (QED) is 0.711. The van der Waals surface area contributed by atoms with E-state index in [9.17, 15) is 0 Å². The summed E-state index contributed by atoms with van der Waals surface area (Å²) in [4.78, 5) is 0. The van der Waals surface area contributed by atoms with Crippen molar-refractivity contribution in [2.45, 2.75) is 6.04 Å². The molecule has 0 spiro atoms. The minimum absolute atomic E-state index is 0.257. The second-order valence-electron chi connectivity index (χ2n) is 3.78. The monoisotopic (exact) mass is 255 g/mol. The lowest BCUT2D eigenvalue weighted by atomic mass is 10.1. The van der Waals surface area contributed by atoms with Gasteiger partial charge >= 0.3 is 0 Å². The Hall–Kier alpha value is -1.30. The van der Waals surface area contributed by atoms with Gasteiger partial charge in [0.05, 0.1) is 40.1 Å². The molecule has 0 aromatic heterocycles. The minimum atomic E-state index is -0.257. The van der Waals surface area contributed by atoms with Crippen molar-refractivity contribution in [1.29, 1.82) is 0 Å². The summed E-state index contributed by atoms with van der Waals surface area (Å²) >= 11 is 0. The first-order valence-electron chi connectivity index (χ1n) is 5.77. The van der Waals surface area contributed by atoms with Gasteiger partial charge in [0.1, 0.15) is 11.5 Å². The van der Waals surface area contributed by atoms with Gasteiger partial charge in [0.25, 0.3) is 0 Å². The van der Waals surface area contributed by atoms with E-state index < -0.39 is 0 Å². The molecule has 0 saturated carbocycles. The molecule has 0 bridgehead atoms. The largest absolute Gasteiger partial charge is 0.497 e. The number of nitrogens with two attached hydrogens (primary N) is 1. The fraction of sp³-hybridized carbons (Fsp3) is 0.538. The molecule has 0 radical (unpaired) electrons. The third-order valence-electron chi connectivity index (χ3n) is 2.57. The molecule has 0 aliphatic heterocycles. The van der Waals surface area contributed by atoms with Crippen molar-refractivity contribution in [2.24, 2.45) is 5.73 Å². The zero-order chi connectivity index (χ0) is 13.4. The molecule has 0 amide bonds.